The number of benzene rings is 2. The number of nitrogens with one attached hydrogen (secondary N) is 2. The van der Waals surface area contributed by atoms with Gasteiger partial charge in [-0.05, 0) is 36.8 Å². The summed E-state index contributed by atoms with van der Waals surface area (Å²) in [6.07, 6.45) is 2.19. The number of hydrogen-bond donors (Lipinski definition) is 3. The van der Waals surface area contributed by atoms with Crippen molar-refractivity contribution in [1.82, 2.24) is 0 Å². The molecule has 31 heavy (non-hydrogen) atoms. The molecular weight excluding hydrogens is 420 g/mol. The van der Waals surface area contributed by atoms with E-state index in [0.717, 1.165) is 17.0 Å². The molecule has 0 fully saturated rings. The third kappa shape index (κ3) is 7.31. The van der Waals surface area contributed by atoms with E-state index in [2.05, 4.69) is 10.6 Å². The average Bonchev–Trinajstić information content (AvgIpc) is 2.76. The normalized spacial score (nSPS) is 11.5. The van der Waals surface area contributed by atoms with Crippen LogP contribution in [-0.2, 0) is 19.1 Å². The number of aliphatic carboxylic acids is 1. The van der Waals surface area contributed by atoms with Gasteiger partial charge in [-0.2, -0.15) is 0 Å². The summed E-state index contributed by atoms with van der Waals surface area (Å²) in [7, 11) is 1.27. The molecule has 0 aliphatic carbocycles. The van der Waals surface area contributed by atoms with Crippen LogP contribution in [0.15, 0.2) is 65.6 Å². The Balaban J connectivity index is 2.09. The van der Waals surface area contributed by atoms with Gasteiger partial charge in [-0.25, -0.2) is 9.59 Å². The summed E-state index contributed by atoms with van der Waals surface area (Å²) < 4.78 is 4.75. The van der Waals surface area contributed by atoms with E-state index in [-0.39, 0.29) is 11.5 Å². The van der Waals surface area contributed by atoms with E-state index >= 15 is 0 Å². The number of carboxylic acid groups (broad SMARTS) is 1. The number of carbonyl (C=O) groups is 4. The molecule has 0 aromatic heterocycles. The highest BCUT2D eigenvalue weighted by Gasteiger charge is 2.21. The molecule has 1 unspecified atom stereocenters. The van der Waals surface area contributed by atoms with Crippen molar-refractivity contribution in [3.05, 3.63) is 66.2 Å². The van der Waals surface area contributed by atoms with Crippen molar-refractivity contribution in [1.29, 1.82) is 0 Å². The molecule has 9 heteroatoms. The van der Waals surface area contributed by atoms with Gasteiger partial charge in [-0.15, -0.1) is 11.8 Å². The lowest BCUT2D eigenvalue weighted by Crippen LogP contribution is -2.25. The van der Waals surface area contributed by atoms with Crippen molar-refractivity contribution < 1.29 is 29.0 Å². The van der Waals surface area contributed by atoms with Gasteiger partial charge in [-0.1, -0.05) is 25.1 Å². The fourth-order valence-corrected chi connectivity index (χ4v) is 3.57. The van der Waals surface area contributed by atoms with Gasteiger partial charge in [0.25, 0.3) is 0 Å². The zero-order valence-electron chi connectivity index (χ0n) is 17.0. The highest BCUT2D eigenvalue weighted by Crippen LogP contribution is 2.29. The lowest BCUT2D eigenvalue weighted by molar-refractivity contribution is -0.131. The molecule has 2 aromatic carbocycles. The minimum Gasteiger partial charge on any atom is -0.478 e. The fourth-order valence-electron chi connectivity index (χ4n) is 2.56. The monoisotopic (exact) mass is 442 g/mol. The number of anilines is 2. The number of hydrogen-bond acceptors (Lipinski definition) is 6. The molecule has 1 atom stereocenters. The smallest absolute Gasteiger partial charge is 0.339 e. The Labute approximate surface area is 183 Å². The van der Waals surface area contributed by atoms with Gasteiger partial charge >= 0.3 is 11.9 Å². The molecular formula is C22H22N2O6S. The number of thioether (sulfide) groups is 1. The third-order valence-corrected chi connectivity index (χ3v) is 5.37. The second-order valence-electron chi connectivity index (χ2n) is 6.23. The van der Waals surface area contributed by atoms with Gasteiger partial charge < -0.3 is 20.5 Å². The van der Waals surface area contributed by atoms with Crippen molar-refractivity contribution in [3.63, 3.8) is 0 Å². The number of amides is 2. The van der Waals surface area contributed by atoms with Crippen LogP contribution < -0.4 is 10.6 Å². The van der Waals surface area contributed by atoms with Gasteiger partial charge in [-0.3, -0.25) is 9.59 Å². The molecule has 2 amide bonds. The number of methoxy groups -OCH3 is 1. The number of esters is 1. The first-order valence-corrected chi connectivity index (χ1v) is 10.2. The molecule has 2 aromatic rings. The summed E-state index contributed by atoms with van der Waals surface area (Å²) in [5.41, 5.74) is 1.10. The van der Waals surface area contributed by atoms with E-state index in [1.54, 1.807) is 48.5 Å². The van der Waals surface area contributed by atoms with Crippen molar-refractivity contribution in [2.24, 2.45) is 0 Å². The van der Waals surface area contributed by atoms with E-state index in [9.17, 15) is 19.2 Å². The summed E-state index contributed by atoms with van der Waals surface area (Å²) in [6.45, 7) is 1.87. The lowest BCUT2D eigenvalue weighted by Gasteiger charge is -2.16. The molecule has 3 N–H and O–H groups in total. The predicted octanol–water partition coefficient (Wildman–Crippen LogP) is 3.56. The highest BCUT2D eigenvalue weighted by atomic mass is 32.2. The fraction of sp³-hybridized carbons (Fsp3) is 0.182. The van der Waals surface area contributed by atoms with Crippen LogP contribution in [0.1, 0.15) is 23.7 Å². The zero-order valence-corrected chi connectivity index (χ0v) is 17.8. The summed E-state index contributed by atoms with van der Waals surface area (Å²) in [4.78, 5) is 47.7. The second kappa shape index (κ2) is 11.6. The summed E-state index contributed by atoms with van der Waals surface area (Å²) in [5, 5.41) is 13.5. The molecule has 0 aliphatic heterocycles. The Morgan fingerprint density at radius 2 is 1.81 bits per heavy atom. The Hall–Kier alpha value is -3.59. The number of para-hydroxylation sites is 1. The second-order valence-corrected chi connectivity index (χ2v) is 7.51. The molecule has 0 aliphatic rings. The van der Waals surface area contributed by atoms with E-state index in [0.29, 0.717) is 17.8 Å². The first-order valence-electron chi connectivity index (χ1n) is 9.31. The minimum absolute atomic E-state index is 0.261. The van der Waals surface area contributed by atoms with Gasteiger partial charge in [0, 0.05) is 22.7 Å². The Morgan fingerprint density at radius 3 is 2.48 bits per heavy atom. The third-order valence-electron chi connectivity index (χ3n) is 4.01. The molecule has 0 saturated carbocycles. The SMILES string of the molecule is CCC(Sc1cccc(NC(=O)/C=C/C(=O)O)c1)C(=O)Nc1ccccc1C(=O)OC. The number of rotatable bonds is 9. The predicted molar refractivity (Wildman–Crippen MR) is 118 cm³/mol. The largest absolute Gasteiger partial charge is 0.478 e. The van der Waals surface area contributed by atoms with Gasteiger partial charge in [0.15, 0.2) is 0 Å². The maximum atomic E-state index is 12.8. The van der Waals surface area contributed by atoms with Crippen molar-refractivity contribution >= 4 is 46.9 Å². The van der Waals surface area contributed by atoms with Crippen LogP contribution in [0.4, 0.5) is 11.4 Å². The first kappa shape index (κ1) is 23.7. The maximum Gasteiger partial charge on any atom is 0.339 e. The van der Waals surface area contributed by atoms with Crippen LogP contribution in [0.2, 0.25) is 0 Å². The quantitative estimate of drug-likeness (QED) is 0.308. The molecule has 8 nitrogen and oxygen atoms in total. The summed E-state index contributed by atoms with van der Waals surface area (Å²) >= 11 is 1.30. The van der Waals surface area contributed by atoms with Crippen molar-refractivity contribution in [2.45, 2.75) is 23.5 Å². The average molecular weight is 442 g/mol. The molecule has 0 heterocycles. The highest BCUT2D eigenvalue weighted by molar-refractivity contribution is 8.00. The molecule has 0 bridgehead atoms. The van der Waals surface area contributed by atoms with E-state index in [1.165, 1.54) is 18.9 Å². The molecule has 2 rings (SSSR count). The molecule has 0 radical (unpaired) electrons. The zero-order chi connectivity index (χ0) is 22.8. The Kier molecular flexibility index (Phi) is 8.83. The topological polar surface area (TPSA) is 122 Å². The Morgan fingerprint density at radius 1 is 1.06 bits per heavy atom. The maximum absolute atomic E-state index is 12.8. The van der Waals surface area contributed by atoms with Crippen LogP contribution in [-0.4, -0.2) is 41.2 Å². The van der Waals surface area contributed by atoms with Crippen molar-refractivity contribution in [3.8, 4) is 0 Å². The minimum atomic E-state index is -1.22. The van der Waals surface area contributed by atoms with Crippen molar-refractivity contribution in [2.75, 3.05) is 17.7 Å². The molecule has 0 saturated heterocycles. The van der Waals surface area contributed by atoms with Crippen LogP contribution in [0.3, 0.4) is 0 Å². The summed E-state index contributed by atoms with van der Waals surface area (Å²) in [5.74, 6) is -2.61. The van der Waals surface area contributed by atoms with Gasteiger partial charge in [0.05, 0.1) is 23.6 Å². The van der Waals surface area contributed by atoms with Crippen LogP contribution in [0, 0.1) is 0 Å². The van der Waals surface area contributed by atoms with Gasteiger partial charge in [0.1, 0.15) is 0 Å². The van der Waals surface area contributed by atoms with Gasteiger partial charge in [0.2, 0.25) is 11.8 Å². The van der Waals surface area contributed by atoms with Crippen LogP contribution >= 0.6 is 11.8 Å². The van der Waals surface area contributed by atoms with E-state index in [1.807, 2.05) is 6.92 Å². The number of carboxylic acids is 1. The molecule has 0 spiro atoms. The van der Waals surface area contributed by atoms with Crippen LogP contribution in [0.5, 0.6) is 0 Å². The summed E-state index contributed by atoms with van der Waals surface area (Å²) in [6, 6.07) is 13.4. The molecule has 162 valence electrons. The number of carbonyl (C=O) groups excluding carboxylic acids is 3. The first-order chi connectivity index (χ1) is 14.8. The van der Waals surface area contributed by atoms with Crippen LogP contribution in [0.25, 0.3) is 0 Å². The standard InChI is InChI=1S/C22H22N2O6S/c1-3-18(21(28)24-17-10-5-4-9-16(17)22(29)30-2)31-15-8-6-7-14(13-15)23-19(25)11-12-20(26)27/h4-13,18H,3H2,1-2H3,(H,23,25)(H,24,28)(H,26,27)/b12-11+. The lowest BCUT2D eigenvalue weighted by atomic mass is 10.1. The number of ether oxygens (including phenoxy) is 1. The van der Waals surface area contributed by atoms with E-state index in [4.69, 9.17) is 9.84 Å². The van der Waals surface area contributed by atoms with E-state index < -0.39 is 23.1 Å². The Bertz CT molecular complexity index is 1010.